The number of nitrogens with zero attached hydrogens (tertiary/aromatic N) is 1. The lowest BCUT2D eigenvalue weighted by Gasteiger charge is -2.27. The van der Waals surface area contributed by atoms with Crippen molar-refractivity contribution in [1.29, 1.82) is 0 Å². The molecule has 0 aromatic heterocycles. The molecule has 3 rings (SSSR count). The lowest BCUT2D eigenvalue weighted by molar-refractivity contribution is 0.0314. The third-order valence-electron chi connectivity index (χ3n) is 4.81. The largest absolute Gasteiger partial charge is 0.489 e. The van der Waals surface area contributed by atoms with E-state index in [1.165, 1.54) is 11.1 Å². The molecule has 0 saturated carbocycles. The molecule has 2 aromatic carbocycles. The first-order chi connectivity index (χ1) is 13.5. The van der Waals surface area contributed by atoms with Crippen LogP contribution in [0.4, 0.5) is 0 Å². The molecule has 1 aliphatic rings. The molecular formula is C22H27Cl2NO3. The van der Waals surface area contributed by atoms with Crippen molar-refractivity contribution in [1.82, 2.24) is 4.90 Å². The van der Waals surface area contributed by atoms with Gasteiger partial charge in [-0.25, -0.2) is 0 Å². The first kappa shape index (κ1) is 21.4. The third-order valence-corrected chi connectivity index (χ3v) is 5.34. The van der Waals surface area contributed by atoms with E-state index in [1.807, 2.05) is 0 Å². The summed E-state index contributed by atoms with van der Waals surface area (Å²) in [5.74, 6) is 0.523. The second-order valence-electron chi connectivity index (χ2n) is 7.35. The Morgan fingerprint density at radius 1 is 1.21 bits per heavy atom. The smallest absolute Gasteiger partial charge is 0.138 e. The second-order valence-corrected chi connectivity index (χ2v) is 8.20. The van der Waals surface area contributed by atoms with Crippen LogP contribution in [0, 0.1) is 6.92 Å². The molecule has 28 heavy (non-hydrogen) atoms. The molecule has 0 spiro atoms. The van der Waals surface area contributed by atoms with Crippen molar-refractivity contribution >= 4 is 23.2 Å². The van der Waals surface area contributed by atoms with E-state index in [0.717, 1.165) is 32.5 Å². The zero-order valence-corrected chi connectivity index (χ0v) is 17.6. The minimum absolute atomic E-state index is 0.164. The molecule has 0 aliphatic carbocycles. The van der Waals surface area contributed by atoms with Crippen LogP contribution in [0.25, 0.3) is 0 Å². The molecule has 0 amide bonds. The predicted octanol–water partition coefficient (Wildman–Crippen LogP) is 4.72. The standard InChI is InChI=1S/C22H27Cl2NO3/c1-16-4-6-17(7-5-16)12-25(14-20-3-2-10-27-20)13-19(26)15-28-22-9-8-18(23)11-21(22)24/h4-9,11,19-20,26H,2-3,10,12-15H2,1H3. The van der Waals surface area contributed by atoms with E-state index < -0.39 is 6.10 Å². The number of aliphatic hydroxyl groups is 1. The molecule has 2 aromatic rings. The van der Waals surface area contributed by atoms with Crippen molar-refractivity contribution in [3.05, 3.63) is 63.6 Å². The van der Waals surface area contributed by atoms with Crippen molar-refractivity contribution < 1.29 is 14.6 Å². The van der Waals surface area contributed by atoms with Gasteiger partial charge in [-0.3, -0.25) is 4.90 Å². The predicted molar refractivity (Wildman–Crippen MR) is 113 cm³/mol. The summed E-state index contributed by atoms with van der Waals surface area (Å²) in [5, 5.41) is 11.5. The van der Waals surface area contributed by atoms with Gasteiger partial charge in [-0.05, 0) is 43.5 Å². The fourth-order valence-corrected chi connectivity index (χ4v) is 3.82. The normalized spacial score (nSPS) is 17.8. The fraction of sp³-hybridized carbons (Fsp3) is 0.455. The Morgan fingerprint density at radius 3 is 2.68 bits per heavy atom. The number of halogens is 2. The van der Waals surface area contributed by atoms with Crippen LogP contribution in [0.2, 0.25) is 10.0 Å². The quantitative estimate of drug-likeness (QED) is 0.633. The minimum Gasteiger partial charge on any atom is -0.489 e. The van der Waals surface area contributed by atoms with Crippen LogP contribution in [0.3, 0.4) is 0 Å². The molecule has 1 fully saturated rings. The first-order valence-electron chi connectivity index (χ1n) is 9.65. The summed E-state index contributed by atoms with van der Waals surface area (Å²) in [6.45, 7) is 5.13. The maximum absolute atomic E-state index is 10.5. The van der Waals surface area contributed by atoms with Gasteiger partial charge in [-0.2, -0.15) is 0 Å². The van der Waals surface area contributed by atoms with Crippen LogP contribution in [0.15, 0.2) is 42.5 Å². The summed E-state index contributed by atoms with van der Waals surface area (Å²) < 4.78 is 11.5. The highest BCUT2D eigenvalue weighted by molar-refractivity contribution is 6.35. The number of aryl methyl sites for hydroxylation is 1. The Labute approximate surface area is 177 Å². The minimum atomic E-state index is -0.640. The topological polar surface area (TPSA) is 41.9 Å². The fourth-order valence-electron chi connectivity index (χ4n) is 3.36. The van der Waals surface area contributed by atoms with Crippen LogP contribution in [-0.2, 0) is 11.3 Å². The number of rotatable bonds is 9. The van der Waals surface area contributed by atoms with Crippen molar-refractivity contribution in [2.24, 2.45) is 0 Å². The van der Waals surface area contributed by atoms with E-state index in [1.54, 1.807) is 18.2 Å². The molecule has 152 valence electrons. The van der Waals surface area contributed by atoms with Crippen LogP contribution in [-0.4, -0.2) is 48.5 Å². The highest BCUT2D eigenvalue weighted by Crippen LogP contribution is 2.27. The summed E-state index contributed by atoms with van der Waals surface area (Å²) in [7, 11) is 0. The van der Waals surface area contributed by atoms with Crippen molar-refractivity contribution in [2.75, 3.05) is 26.3 Å². The lowest BCUT2D eigenvalue weighted by atomic mass is 10.1. The van der Waals surface area contributed by atoms with Gasteiger partial charge in [0.1, 0.15) is 18.5 Å². The van der Waals surface area contributed by atoms with Gasteiger partial charge in [0.25, 0.3) is 0 Å². The Bertz CT molecular complexity index is 748. The monoisotopic (exact) mass is 423 g/mol. The average molecular weight is 424 g/mol. The Morgan fingerprint density at radius 2 is 2.00 bits per heavy atom. The Hall–Kier alpha value is -1.30. The molecular weight excluding hydrogens is 397 g/mol. The molecule has 2 unspecified atom stereocenters. The molecule has 1 N–H and O–H groups in total. The van der Waals surface area contributed by atoms with E-state index in [0.29, 0.717) is 22.3 Å². The van der Waals surface area contributed by atoms with Crippen molar-refractivity contribution in [2.45, 2.75) is 38.5 Å². The van der Waals surface area contributed by atoms with E-state index in [9.17, 15) is 5.11 Å². The van der Waals surface area contributed by atoms with Gasteiger partial charge in [-0.15, -0.1) is 0 Å². The first-order valence-corrected chi connectivity index (χ1v) is 10.4. The molecule has 6 heteroatoms. The highest BCUT2D eigenvalue weighted by Gasteiger charge is 2.21. The van der Waals surface area contributed by atoms with Crippen LogP contribution < -0.4 is 4.74 Å². The summed E-state index contributed by atoms with van der Waals surface area (Å²) >= 11 is 12.0. The summed E-state index contributed by atoms with van der Waals surface area (Å²) in [6, 6.07) is 13.6. The third kappa shape index (κ3) is 6.64. The zero-order chi connectivity index (χ0) is 19.9. The molecule has 0 radical (unpaired) electrons. The second kappa shape index (κ2) is 10.5. The summed E-state index contributed by atoms with van der Waals surface area (Å²) in [6.07, 6.45) is 1.75. The maximum atomic E-state index is 10.5. The van der Waals surface area contributed by atoms with E-state index in [2.05, 4.69) is 36.1 Å². The summed E-state index contributed by atoms with van der Waals surface area (Å²) in [4.78, 5) is 2.23. The van der Waals surface area contributed by atoms with E-state index >= 15 is 0 Å². The van der Waals surface area contributed by atoms with Gasteiger partial charge >= 0.3 is 0 Å². The molecule has 2 atom stereocenters. The zero-order valence-electron chi connectivity index (χ0n) is 16.1. The van der Waals surface area contributed by atoms with E-state index in [-0.39, 0.29) is 12.7 Å². The van der Waals surface area contributed by atoms with Gasteiger partial charge in [-0.1, -0.05) is 53.0 Å². The van der Waals surface area contributed by atoms with Gasteiger partial charge < -0.3 is 14.6 Å². The summed E-state index contributed by atoms with van der Waals surface area (Å²) in [5.41, 5.74) is 2.46. The number of hydrogen-bond donors (Lipinski definition) is 1. The molecule has 0 bridgehead atoms. The molecule has 1 heterocycles. The van der Waals surface area contributed by atoms with Crippen LogP contribution in [0.5, 0.6) is 5.75 Å². The van der Waals surface area contributed by atoms with Gasteiger partial charge in [0.2, 0.25) is 0 Å². The SMILES string of the molecule is Cc1ccc(CN(CC(O)COc2ccc(Cl)cc2Cl)CC2CCCO2)cc1. The number of hydrogen-bond acceptors (Lipinski definition) is 4. The van der Waals surface area contributed by atoms with E-state index in [4.69, 9.17) is 32.7 Å². The van der Waals surface area contributed by atoms with Crippen LogP contribution in [0.1, 0.15) is 24.0 Å². The molecule has 1 saturated heterocycles. The Balaban J connectivity index is 1.57. The van der Waals surface area contributed by atoms with Gasteiger partial charge in [0, 0.05) is 31.3 Å². The van der Waals surface area contributed by atoms with Crippen LogP contribution >= 0.6 is 23.2 Å². The van der Waals surface area contributed by atoms with Crippen molar-refractivity contribution in [3.8, 4) is 5.75 Å². The molecule has 1 aliphatic heterocycles. The average Bonchev–Trinajstić information content (AvgIpc) is 3.16. The highest BCUT2D eigenvalue weighted by atomic mass is 35.5. The van der Waals surface area contributed by atoms with Crippen molar-refractivity contribution in [3.63, 3.8) is 0 Å². The van der Waals surface area contributed by atoms with Gasteiger partial charge in [0.15, 0.2) is 0 Å². The number of aliphatic hydroxyl groups excluding tert-OH is 1. The number of benzene rings is 2. The number of ether oxygens (including phenoxy) is 2. The Kier molecular flexibility index (Phi) is 8.00. The lowest BCUT2D eigenvalue weighted by Crippen LogP contribution is -2.39. The van der Waals surface area contributed by atoms with Gasteiger partial charge in [0.05, 0.1) is 11.1 Å². The molecule has 4 nitrogen and oxygen atoms in total. The maximum Gasteiger partial charge on any atom is 0.138 e.